The molecule has 0 bridgehead atoms. The van der Waals surface area contributed by atoms with E-state index in [4.69, 9.17) is 10.0 Å². The van der Waals surface area contributed by atoms with Crippen molar-refractivity contribution in [3.05, 3.63) is 27.0 Å². The second-order valence-corrected chi connectivity index (χ2v) is 2.70. The highest BCUT2D eigenvalue weighted by atomic mass is 16.6. The van der Waals surface area contributed by atoms with Crippen molar-refractivity contribution in [3.8, 4) is 5.75 Å². The lowest BCUT2D eigenvalue weighted by Gasteiger charge is -2.07. The Morgan fingerprint density at radius 1 is 1.36 bits per heavy atom. The van der Waals surface area contributed by atoms with Crippen LogP contribution in [-0.4, -0.2) is 26.5 Å². The quantitative estimate of drug-likeness (QED) is 0.512. The zero-order valence-corrected chi connectivity index (χ0v) is 7.67. The Balaban J connectivity index is 3.34. The maximum absolute atomic E-state index is 11.3. The fraction of sp³-hybridized carbons (Fsp3) is 0.333. The van der Waals surface area contributed by atoms with Gasteiger partial charge in [-0.25, -0.2) is 4.79 Å². The van der Waals surface area contributed by atoms with E-state index in [1.54, 1.807) is 0 Å². The Bertz CT molecular complexity index is 449. The highest BCUT2D eigenvalue weighted by Crippen LogP contribution is 1.98. The van der Waals surface area contributed by atoms with Crippen molar-refractivity contribution in [2.45, 2.75) is 0 Å². The number of aromatic nitrogens is 2. The Morgan fingerprint density at radius 2 is 1.93 bits per heavy atom. The molecule has 14 heavy (non-hydrogen) atoms. The Morgan fingerprint density at radius 3 is 2.43 bits per heavy atom. The molecule has 0 unspecified atom stereocenters. The van der Waals surface area contributed by atoms with Crippen LogP contribution < -0.4 is 15.9 Å². The molecule has 0 saturated heterocycles. The van der Waals surface area contributed by atoms with E-state index in [9.17, 15) is 9.59 Å². The van der Waals surface area contributed by atoms with E-state index >= 15 is 0 Å². The summed E-state index contributed by atoms with van der Waals surface area (Å²) in [5.74, 6) is -0.301. The van der Waals surface area contributed by atoms with Crippen molar-refractivity contribution in [1.82, 2.24) is 9.13 Å². The number of nitrogens with zero attached hydrogens (tertiary/aromatic N) is 2. The summed E-state index contributed by atoms with van der Waals surface area (Å²) in [6.07, 6.45) is 1.09. The minimum atomic E-state index is -2.08. The van der Waals surface area contributed by atoms with E-state index in [1.165, 1.54) is 14.1 Å². The summed E-state index contributed by atoms with van der Waals surface area (Å²) in [4.78, 5) is 22.5. The summed E-state index contributed by atoms with van der Waals surface area (Å²) >= 11 is 0. The average molecular weight is 200 g/mol. The van der Waals surface area contributed by atoms with Crippen LogP contribution in [0.2, 0.25) is 0 Å². The molecule has 0 aromatic carbocycles. The third kappa shape index (κ3) is 1.86. The molecule has 0 amide bonds. The van der Waals surface area contributed by atoms with Gasteiger partial charge in [0.2, 0.25) is 0 Å². The first-order valence-corrected chi connectivity index (χ1v) is 3.73. The van der Waals surface area contributed by atoms with Gasteiger partial charge < -0.3 is 14.7 Å². The van der Waals surface area contributed by atoms with E-state index in [1.807, 2.05) is 0 Å². The molecule has 0 spiro atoms. The van der Waals surface area contributed by atoms with Gasteiger partial charge in [0.05, 0.1) is 6.20 Å². The molecule has 0 atom stereocenters. The van der Waals surface area contributed by atoms with Crippen LogP contribution in [0, 0.1) is 0 Å². The molecule has 1 rings (SSSR count). The molecule has 1 aromatic rings. The Kier molecular flexibility index (Phi) is 2.77. The molecule has 0 aliphatic heterocycles. The smallest absolute Gasteiger partial charge is 0.507 e. The molecule has 1 aromatic heterocycles. The lowest BCUT2D eigenvalue weighted by molar-refractivity contribution is 0.284. The standard InChI is InChI=1S/C6H9BN2O5/c1-8-3-4(14-7(12)13)5(10)9(2)6(8)11/h3,12-13H,1-2H3. The average Bonchev–Trinajstić information content (AvgIpc) is 2.10. The first kappa shape index (κ1) is 10.5. The number of hydrogen-bond donors (Lipinski definition) is 2. The van der Waals surface area contributed by atoms with Gasteiger partial charge in [-0.1, -0.05) is 0 Å². The van der Waals surface area contributed by atoms with E-state index in [0.29, 0.717) is 0 Å². The summed E-state index contributed by atoms with van der Waals surface area (Å²) in [6, 6.07) is 0. The van der Waals surface area contributed by atoms with Gasteiger partial charge in [0.25, 0.3) is 5.56 Å². The molecule has 0 aliphatic carbocycles. The van der Waals surface area contributed by atoms with E-state index in [-0.39, 0.29) is 5.75 Å². The van der Waals surface area contributed by atoms with Crippen molar-refractivity contribution in [2.24, 2.45) is 14.1 Å². The van der Waals surface area contributed by atoms with Crippen LogP contribution in [0.15, 0.2) is 15.8 Å². The number of hydrogen-bond acceptors (Lipinski definition) is 5. The molecule has 0 radical (unpaired) electrons. The summed E-state index contributed by atoms with van der Waals surface area (Å²) in [7, 11) is 0.597. The lowest BCUT2D eigenvalue weighted by atomic mass is 10.2. The largest absolute Gasteiger partial charge is 0.707 e. The van der Waals surface area contributed by atoms with Crippen molar-refractivity contribution in [3.63, 3.8) is 0 Å². The monoisotopic (exact) mass is 200 g/mol. The first-order chi connectivity index (χ1) is 6.43. The van der Waals surface area contributed by atoms with Crippen molar-refractivity contribution >= 4 is 7.32 Å². The summed E-state index contributed by atoms with van der Waals surface area (Å²) in [5, 5.41) is 17.0. The van der Waals surface area contributed by atoms with Crippen LogP contribution in [-0.2, 0) is 14.1 Å². The second-order valence-electron chi connectivity index (χ2n) is 2.70. The fourth-order valence-corrected chi connectivity index (χ4v) is 0.969. The summed E-state index contributed by atoms with van der Waals surface area (Å²) < 4.78 is 6.28. The SMILES string of the molecule is Cn1cc(OB(O)O)c(=O)n(C)c1=O. The van der Waals surface area contributed by atoms with Crippen LogP contribution in [0.1, 0.15) is 0 Å². The third-order valence-electron chi connectivity index (χ3n) is 1.65. The lowest BCUT2D eigenvalue weighted by Crippen LogP contribution is -2.38. The van der Waals surface area contributed by atoms with Crippen LogP contribution >= 0.6 is 0 Å². The van der Waals surface area contributed by atoms with Crippen LogP contribution in [0.4, 0.5) is 0 Å². The molecule has 7 nitrogen and oxygen atoms in total. The highest BCUT2D eigenvalue weighted by Gasteiger charge is 2.16. The molecule has 8 heteroatoms. The molecule has 2 N–H and O–H groups in total. The van der Waals surface area contributed by atoms with Crippen molar-refractivity contribution < 1.29 is 14.7 Å². The predicted octanol–water partition coefficient (Wildman–Crippen LogP) is -2.57. The van der Waals surface area contributed by atoms with Gasteiger partial charge in [0, 0.05) is 14.1 Å². The summed E-state index contributed by atoms with van der Waals surface area (Å²) in [6.45, 7) is 0. The number of rotatable bonds is 2. The second kappa shape index (κ2) is 3.68. The summed E-state index contributed by atoms with van der Waals surface area (Å²) in [5.41, 5.74) is -1.24. The topological polar surface area (TPSA) is 93.7 Å². The minimum Gasteiger partial charge on any atom is -0.507 e. The van der Waals surface area contributed by atoms with Gasteiger partial charge in [0.15, 0.2) is 5.75 Å². The van der Waals surface area contributed by atoms with E-state index in [2.05, 4.69) is 4.65 Å². The van der Waals surface area contributed by atoms with Crippen molar-refractivity contribution in [2.75, 3.05) is 0 Å². The number of aryl methyl sites for hydroxylation is 1. The molecule has 1 heterocycles. The van der Waals surface area contributed by atoms with Crippen molar-refractivity contribution in [1.29, 1.82) is 0 Å². The van der Waals surface area contributed by atoms with Gasteiger partial charge in [-0.15, -0.1) is 0 Å². The molecule has 0 aliphatic rings. The van der Waals surface area contributed by atoms with Crippen LogP contribution in [0.3, 0.4) is 0 Å². The predicted molar refractivity (Wildman–Crippen MR) is 47.7 cm³/mol. The maximum Gasteiger partial charge on any atom is 0.707 e. The molecule has 76 valence electrons. The third-order valence-corrected chi connectivity index (χ3v) is 1.65. The zero-order valence-electron chi connectivity index (χ0n) is 7.67. The maximum atomic E-state index is 11.3. The molecular weight excluding hydrogens is 191 g/mol. The normalized spacial score (nSPS) is 10.0. The van der Waals surface area contributed by atoms with Gasteiger partial charge >= 0.3 is 13.0 Å². The van der Waals surface area contributed by atoms with Gasteiger partial charge in [-0.05, 0) is 0 Å². The zero-order chi connectivity index (χ0) is 10.9. The Hall–Kier alpha value is -1.54. The molecular formula is C6H9BN2O5. The van der Waals surface area contributed by atoms with E-state index < -0.39 is 18.6 Å². The first-order valence-electron chi connectivity index (χ1n) is 3.73. The molecule has 0 saturated carbocycles. The minimum absolute atomic E-state index is 0.301. The van der Waals surface area contributed by atoms with Gasteiger partial charge in [-0.2, -0.15) is 0 Å². The fourth-order valence-electron chi connectivity index (χ4n) is 0.969. The van der Waals surface area contributed by atoms with Crippen LogP contribution in [0.25, 0.3) is 0 Å². The van der Waals surface area contributed by atoms with Gasteiger partial charge in [-0.3, -0.25) is 13.9 Å². The van der Waals surface area contributed by atoms with Crippen LogP contribution in [0.5, 0.6) is 5.75 Å². The highest BCUT2D eigenvalue weighted by molar-refractivity contribution is 6.33. The molecule has 0 fully saturated rings. The van der Waals surface area contributed by atoms with Gasteiger partial charge in [0.1, 0.15) is 0 Å². The van der Waals surface area contributed by atoms with E-state index in [0.717, 1.165) is 15.3 Å². The Labute approximate surface area is 79.0 Å².